The molecule has 0 aromatic heterocycles. The molecule has 0 unspecified atom stereocenters. The number of amides is 1. The lowest BCUT2D eigenvalue weighted by Gasteiger charge is -2.44. The van der Waals surface area contributed by atoms with E-state index >= 15 is 0 Å². The molecule has 3 aliphatic rings. The third-order valence-corrected chi connectivity index (χ3v) is 3.69. The quantitative estimate of drug-likeness (QED) is 0.780. The summed E-state index contributed by atoms with van der Waals surface area (Å²) in [5.41, 5.74) is 0.461. The van der Waals surface area contributed by atoms with Crippen molar-refractivity contribution in [2.45, 2.75) is 45.3 Å². The van der Waals surface area contributed by atoms with Crippen LogP contribution in [0.4, 0.5) is 0 Å². The van der Waals surface area contributed by atoms with Gasteiger partial charge in [-0.05, 0) is 40.7 Å². The van der Waals surface area contributed by atoms with Crippen molar-refractivity contribution < 1.29 is 9.53 Å². The molecule has 1 amide bonds. The topological polar surface area (TPSA) is 41.6 Å². The largest absolute Gasteiger partial charge is 0.375 e. The zero-order chi connectivity index (χ0) is 12.7. The van der Waals surface area contributed by atoms with Crippen molar-refractivity contribution in [1.82, 2.24) is 10.2 Å². The zero-order valence-electron chi connectivity index (χ0n) is 11.4. The number of ether oxygens (including phenoxy) is 1. The number of fused-ring (bicyclic) bond motifs is 1. The van der Waals surface area contributed by atoms with Crippen molar-refractivity contribution in [2.75, 3.05) is 26.7 Å². The summed E-state index contributed by atoms with van der Waals surface area (Å²) >= 11 is 0. The van der Waals surface area contributed by atoms with Gasteiger partial charge in [-0.25, -0.2) is 0 Å². The summed E-state index contributed by atoms with van der Waals surface area (Å²) in [6.45, 7) is 8.46. The first-order chi connectivity index (χ1) is 7.83. The van der Waals surface area contributed by atoms with Crippen molar-refractivity contribution in [1.29, 1.82) is 0 Å². The van der Waals surface area contributed by atoms with E-state index in [-0.39, 0.29) is 17.6 Å². The molecule has 1 aliphatic carbocycles. The van der Waals surface area contributed by atoms with Gasteiger partial charge in [0.05, 0.1) is 18.8 Å². The molecule has 98 valence electrons. The number of hydrogen-bond acceptors (Lipinski definition) is 3. The van der Waals surface area contributed by atoms with Crippen molar-refractivity contribution in [3.63, 3.8) is 0 Å². The highest BCUT2D eigenvalue weighted by Crippen LogP contribution is 2.57. The minimum atomic E-state index is 0.111. The predicted octanol–water partition coefficient (Wildman–Crippen LogP) is 1.01. The Hall–Kier alpha value is -0.610. The summed E-state index contributed by atoms with van der Waals surface area (Å²) in [6.07, 6.45) is 2.30. The molecule has 17 heavy (non-hydrogen) atoms. The zero-order valence-corrected chi connectivity index (χ0v) is 11.4. The van der Waals surface area contributed by atoms with Crippen LogP contribution in [0.3, 0.4) is 0 Å². The van der Waals surface area contributed by atoms with Gasteiger partial charge < -0.3 is 10.1 Å². The van der Waals surface area contributed by atoms with Crippen LogP contribution in [0, 0.1) is 5.41 Å². The Morgan fingerprint density at radius 3 is 2.59 bits per heavy atom. The molecule has 0 aromatic carbocycles. The van der Waals surface area contributed by atoms with E-state index in [9.17, 15) is 4.79 Å². The van der Waals surface area contributed by atoms with Crippen LogP contribution in [0.1, 0.15) is 33.6 Å². The number of rotatable bonds is 5. The Labute approximate surface area is 104 Å². The fraction of sp³-hybridized carbons (Fsp3) is 0.923. The first-order valence-corrected chi connectivity index (χ1v) is 6.44. The molecule has 0 aromatic rings. The molecule has 0 radical (unpaired) electrons. The van der Waals surface area contributed by atoms with Crippen molar-refractivity contribution in [3.05, 3.63) is 0 Å². The highest BCUT2D eigenvalue weighted by Gasteiger charge is 2.59. The van der Waals surface area contributed by atoms with Gasteiger partial charge in [0.25, 0.3) is 0 Å². The van der Waals surface area contributed by atoms with E-state index in [1.165, 1.54) is 0 Å². The van der Waals surface area contributed by atoms with Gasteiger partial charge in [-0.3, -0.25) is 9.69 Å². The molecule has 1 saturated carbocycles. The summed E-state index contributed by atoms with van der Waals surface area (Å²) < 4.78 is 5.76. The van der Waals surface area contributed by atoms with Gasteiger partial charge in [-0.15, -0.1) is 0 Å². The van der Waals surface area contributed by atoms with Gasteiger partial charge >= 0.3 is 0 Å². The Kier molecular flexibility index (Phi) is 3.21. The van der Waals surface area contributed by atoms with Gasteiger partial charge in [0.2, 0.25) is 5.91 Å². The first-order valence-electron chi connectivity index (χ1n) is 6.44. The van der Waals surface area contributed by atoms with Gasteiger partial charge in [0, 0.05) is 18.0 Å². The SMILES string of the molecule is CC(C)NC(=O)CN(C)CC12COC(C)(C1)C2. The first kappa shape index (κ1) is 12.8. The third kappa shape index (κ3) is 2.80. The second kappa shape index (κ2) is 4.25. The smallest absolute Gasteiger partial charge is 0.234 e. The van der Waals surface area contributed by atoms with E-state index in [4.69, 9.17) is 4.74 Å². The second-order valence-corrected chi connectivity index (χ2v) is 6.49. The Bertz CT molecular complexity index is 309. The maximum Gasteiger partial charge on any atom is 0.234 e. The highest BCUT2D eigenvalue weighted by atomic mass is 16.5. The average molecular weight is 240 g/mol. The van der Waals surface area contributed by atoms with E-state index in [2.05, 4.69) is 17.1 Å². The number of carbonyl (C=O) groups excluding carboxylic acids is 1. The van der Waals surface area contributed by atoms with Crippen LogP contribution >= 0.6 is 0 Å². The van der Waals surface area contributed by atoms with Crippen molar-refractivity contribution >= 4 is 5.91 Å². The van der Waals surface area contributed by atoms with E-state index in [0.717, 1.165) is 26.0 Å². The lowest BCUT2D eigenvalue weighted by Crippen LogP contribution is -2.49. The van der Waals surface area contributed by atoms with Crippen LogP contribution in [0.2, 0.25) is 0 Å². The summed E-state index contributed by atoms with van der Waals surface area (Å²) in [5, 5.41) is 2.92. The Morgan fingerprint density at radius 2 is 2.12 bits per heavy atom. The second-order valence-electron chi connectivity index (χ2n) is 6.49. The maximum absolute atomic E-state index is 11.6. The summed E-state index contributed by atoms with van der Waals surface area (Å²) in [4.78, 5) is 13.8. The van der Waals surface area contributed by atoms with Crippen molar-refractivity contribution in [2.24, 2.45) is 5.41 Å². The molecule has 0 spiro atoms. The molecule has 3 rings (SSSR count). The molecule has 4 heteroatoms. The molecule has 2 heterocycles. The van der Waals surface area contributed by atoms with Crippen LogP contribution in [-0.4, -0.2) is 49.2 Å². The van der Waals surface area contributed by atoms with Gasteiger partial charge in [-0.2, -0.15) is 0 Å². The fourth-order valence-corrected chi connectivity index (χ4v) is 3.46. The van der Waals surface area contributed by atoms with Crippen molar-refractivity contribution in [3.8, 4) is 0 Å². The molecule has 1 N–H and O–H groups in total. The minimum Gasteiger partial charge on any atom is -0.375 e. The van der Waals surface area contributed by atoms with Gasteiger partial charge in [0.15, 0.2) is 0 Å². The third-order valence-electron chi connectivity index (χ3n) is 3.69. The normalized spacial score (nSPS) is 35.2. The van der Waals surface area contributed by atoms with E-state index in [1.807, 2.05) is 20.9 Å². The molecule has 0 atom stereocenters. The van der Waals surface area contributed by atoms with Gasteiger partial charge in [0.1, 0.15) is 0 Å². The standard InChI is InChI=1S/C13H24N2O2/c1-10(2)14-11(16)5-15(4)8-13-6-12(3,7-13)17-9-13/h10H,5-9H2,1-4H3,(H,14,16). The predicted molar refractivity (Wildman–Crippen MR) is 66.8 cm³/mol. The summed E-state index contributed by atoms with van der Waals surface area (Å²) in [6, 6.07) is 0.218. The summed E-state index contributed by atoms with van der Waals surface area (Å²) in [5.74, 6) is 0.111. The number of likely N-dealkylation sites (N-methyl/N-ethyl adjacent to an activating group) is 1. The van der Waals surface area contributed by atoms with E-state index in [1.54, 1.807) is 0 Å². The molecule has 2 bridgehead atoms. The highest BCUT2D eigenvalue weighted by molar-refractivity contribution is 5.78. The number of hydrogen-bond donors (Lipinski definition) is 1. The number of nitrogens with one attached hydrogen (secondary N) is 1. The van der Waals surface area contributed by atoms with Gasteiger partial charge in [-0.1, -0.05) is 0 Å². The average Bonchev–Trinajstić information content (AvgIpc) is 2.54. The Morgan fingerprint density at radius 1 is 1.47 bits per heavy atom. The maximum atomic E-state index is 11.6. The number of nitrogens with zero attached hydrogens (tertiary/aromatic N) is 1. The van der Waals surface area contributed by atoms with Crippen LogP contribution in [0.5, 0.6) is 0 Å². The molecule has 4 nitrogen and oxygen atoms in total. The molecule has 2 aliphatic heterocycles. The lowest BCUT2D eigenvalue weighted by atomic mass is 9.63. The molecule has 2 saturated heterocycles. The van der Waals surface area contributed by atoms with Crippen LogP contribution < -0.4 is 5.32 Å². The van der Waals surface area contributed by atoms with E-state index < -0.39 is 0 Å². The molecular weight excluding hydrogens is 216 g/mol. The minimum absolute atomic E-state index is 0.111. The van der Waals surface area contributed by atoms with Crippen LogP contribution in [0.25, 0.3) is 0 Å². The van der Waals surface area contributed by atoms with Crippen LogP contribution in [-0.2, 0) is 9.53 Å². The lowest BCUT2D eigenvalue weighted by molar-refractivity contribution is -0.122. The van der Waals surface area contributed by atoms with Crippen LogP contribution in [0.15, 0.2) is 0 Å². The Balaban J connectivity index is 1.75. The van der Waals surface area contributed by atoms with E-state index in [0.29, 0.717) is 12.0 Å². The monoisotopic (exact) mass is 240 g/mol. The molecule has 3 fully saturated rings. The molecular formula is C13H24N2O2. The fourth-order valence-electron chi connectivity index (χ4n) is 3.46. The summed E-state index contributed by atoms with van der Waals surface area (Å²) in [7, 11) is 2.02. The number of carbonyl (C=O) groups is 1.